The van der Waals surface area contributed by atoms with Crippen molar-refractivity contribution in [3.8, 4) is 0 Å². The summed E-state index contributed by atoms with van der Waals surface area (Å²) < 4.78 is 0. The number of H-pyrrole nitrogens is 1. The molecule has 2 heterocycles. The van der Waals surface area contributed by atoms with Gasteiger partial charge in [-0.1, -0.05) is 0 Å². The van der Waals surface area contributed by atoms with Gasteiger partial charge >= 0.3 is 5.97 Å². The highest BCUT2D eigenvalue weighted by atomic mass is 16.4. The normalized spacial score (nSPS) is 19.8. The van der Waals surface area contributed by atoms with Crippen molar-refractivity contribution in [2.24, 2.45) is 0 Å². The Hall–Kier alpha value is -1.89. The number of aliphatic hydroxyl groups excluding tert-OH is 1. The van der Waals surface area contributed by atoms with Crippen LogP contribution >= 0.6 is 0 Å². The molecule has 1 atom stereocenters. The van der Waals surface area contributed by atoms with Crippen LogP contribution in [0.1, 0.15) is 40.2 Å². The van der Waals surface area contributed by atoms with Crippen molar-refractivity contribution in [3.05, 3.63) is 17.7 Å². The fraction of sp³-hybridized carbons (Fsp3) is 0.545. The molecule has 1 fully saturated rings. The first-order valence-electron chi connectivity index (χ1n) is 5.83. The first-order valence-corrected chi connectivity index (χ1v) is 5.83. The predicted molar refractivity (Wildman–Crippen MR) is 61.3 cm³/mol. The van der Waals surface area contributed by atoms with Gasteiger partial charge in [-0.05, 0) is 19.3 Å². The van der Waals surface area contributed by atoms with E-state index in [-0.39, 0.29) is 24.0 Å². The number of aromatic amines is 1. The summed E-state index contributed by atoms with van der Waals surface area (Å²) in [5.41, 5.74) is -0.301. The molecule has 1 aliphatic heterocycles. The number of amides is 1. The van der Waals surface area contributed by atoms with Crippen LogP contribution in [-0.4, -0.2) is 56.2 Å². The number of aliphatic hydroxyl groups is 1. The monoisotopic (exact) mass is 253 g/mol. The zero-order valence-electron chi connectivity index (χ0n) is 9.80. The van der Waals surface area contributed by atoms with Gasteiger partial charge in [0.2, 0.25) is 0 Å². The van der Waals surface area contributed by atoms with Crippen LogP contribution in [0.3, 0.4) is 0 Å². The van der Waals surface area contributed by atoms with Crippen LogP contribution < -0.4 is 0 Å². The number of nitrogens with one attached hydrogen (secondary N) is 1. The predicted octanol–water partition coefficient (Wildman–Crippen LogP) is 0.0949. The molecule has 1 amide bonds. The van der Waals surface area contributed by atoms with Crippen LogP contribution in [0.15, 0.2) is 6.33 Å². The van der Waals surface area contributed by atoms with Gasteiger partial charge in [0.15, 0.2) is 11.4 Å². The average Bonchev–Trinajstić information content (AvgIpc) is 2.87. The second-order valence-electron chi connectivity index (χ2n) is 4.26. The molecule has 0 saturated carbocycles. The van der Waals surface area contributed by atoms with Crippen LogP contribution in [0.25, 0.3) is 0 Å². The molecule has 1 aromatic rings. The van der Waals surface area contributed by atoms with Crippen molar-refractivity contribution >= 4 is 11.9 Å². The van der Waals surface area contributed by atoms with Gasteiger partial charge in [-0.3, -0.25) is 4.79 Å². The van der Waals surface area contributed by atoms with Gasteiger partial charge in [-0.15, -0.1) is 0 Å². The minimum Gasteiger partial charge on any atom is -0.477 e. The van der Waals surface area contributed by atoms with E-state index in [0.29, 0.717) is 6.54 Å². The number of piperidine rings is 1. The summed E-state index contributed by atoms with van der Waals surface area (Å²) in [6.07, 6.45) is 3.74. The number of nitrogens with zero attached hydrogens (tertiary/aromatic N) is 2. The number of hydrogen-bond acceptors (Lipinski definition) is 4. The molecule has 7 heteroatoms. The summed E-state index contributed by atoms with van der Waals surface area (Å²) >= 11 is 0. The van der Waals surface area contributed by atoms with Gasteiger partial charge < -0.3 is 20.1 Å². The van der Waals surface area contributed by atoms with Gasteiger partial charge in [-0.25, -0.2) is 9.78 Å². The standard InChI is InChI=1S/C11H15N3O4/c15-5-7-3-1-2-4-14(7)10(16)8-9(11(17)18)13-6-12-8/h6-7,15H,1-5H2,(H,12,13)(H,17,18). The van der Waals surface area contributed by atoms with Crippen molar-refractivity contribution in [3.63, 3.8) is 0 Å². The van der Waals surface area contributed by atoms with Gasteiger partial charge in [0.25, 0.3) is 5.91 Å². The number of carboxylic acids is 1. The highest BCUT2D eigenvalue weighted by Crippen LogP contribution is 2.19. The summed E-state index contributed by atoms with van der Waals surface area (Å²) in [7, 11) is 0. The molecule has 0 aromatic carbocycles. The molecule has 0 radical (unpaired) electrons. The number of aromatic carboxylic acids is 1. The number of hydrogen-bond donors (Lipinski definition) is 3. The molecular formula is C11H15N3O4. The Balaban J connectivity index is 2.24. The largest absolute Gasteiger partial charge is 0.477 e. The zero-order chi connectivity index (χ0) is 13.1. The Morgan fingerprint density at radius 1 is 1.50 bits per heavy atom. The molecule has 3 N–H and O–H groups in total. The summed E-state index contributed by atoms with van der Waals surface area (Å²) in [5.74, 6) is -1.65. The van der Waals surface area contributed by atoms with Crippen molar-refractivity contribution in [2.45, 2.75) is 25.3 Å². The van der Waals surface area contributed by atoms with Crippen molar-refractivity contribution in [2.75, 3.05) is 13.2 Å². The zero-order valence-corrected chi connectivity index (χ0v) is 9.80. The summed E-state index contributed by atoms with van der Waals surface area (Å²) in [6.45, 7) is 0.411. The molecule has 1 aliphatic rings. The molecule has 1 unspecified atom stereocenters. The maximum absolute atomic E-state index is 12.2. The number of likely N-dealkylation sites (tertiary alicyclic amines) is 1. The van der Waals surface area contributed by atoms with Gasteiger partial charge in [0.1, 0.15) is 0 Å². The van der Waals surface area contributed by atoms with Crippen molar-refractivity contribution in [1.82, 2.24) is 14.9 Å². The van der Waals surface area contributed by atoms with Crippen LogP contribution in [0, 0.1) is 0 Å². The van der Waals surface area contributed by atoms with E-state index >= 15 is 0 Å². The summed E-state index contributed by atoms with van der Waals surface area (Å²) in [5, 5.41) is 18.2. The minimum atomic E-state index is -1.21. The number of carbonyl (C=O) groups excluding carboxylic acids is 1. The van der Waals surface area contributed by atoms with Crippen LogP contribution in [0.2, 0.25) is 0 Å². The van der Waals surface area contributed by atoms with Crippen molar-refractivity contribution in [1.29, 1.82) is 0 Å². The molecular weight excluding hydrogens is 238 g/mol. The third-order valence-corrected chi connectivity index (χ3v) is 3.15. The molecule has 1 aromatic heterocycles. The van der Waals surface area contributed by atoms with Crippen LogP contribution in [0.5, 0.6) is 0 Å². The third kappa shape index (κ3) is 2.21. The molecule has 1 saturated heterocycles. The van der Waals surface area contributed by atoms with E-state index in [1.165, 1.54) is 11.2 Å². The second kappa shape index (κ2) is 5.18. The highest BCUT2D eigenvalue weighted by Gasteiger charge is 2.30. The third-order valence-electron chi connectivity index (χ3n) is 3.15. The SMILES string of the molecule is O=C(O)c1[nH]cnc1C(=O)N1CCCCC1CO. The fourth-order valence-corrected chi connectivity index (χ4v) is 2.21. The quantitative estimate of drug-likeness (QED) is 0.708. The van der Waals surface area contributed by atoms with Gasteiger partial charge in [0, 0.05) is 6.54 Å². The van der Waals surface area contributed by atoms with Crippen LogP contribution in [0.4, 0.5) is 0 Å². The molecule has 7 nitrogen and oxygen atoms in total. The Labute approximate surface area is 103 Å². The molecule has 2 rings (SSSR count). The first-order chi connectivity index (χ1) is 8.65. The van der Waals surface area contributed by atoms with Gasteiger partial charge in [0.05, 0.1) is 19.0 Å². The number of aromatic nitrogens is 2. The molecule has 0 aliphatic carbocycles. The molecule has 18 heavy (non-hydrogen) atoms. The molecule has 0 bridgehead atoms. The molecule has 0 spiro atoms. The van der Waals surface area contributed by atoms with E-state index in [1.54, 1.807) is 0 Å². The number of imidazole rings is 1. The van der Waals surface area contributed by atoms with E-state index in [9.17, 15) is 14.7 Å². The number of carboxylic acid groups (broad SMARTS) is 1. The van der Waals surface area contributed by atoms with E-state index in [0.717, 1.165) is 19.3 Å². The van der Waals surface area contributed by atoms with E-state index in [2.05, 4.69) is 9.97 Å². The lowest BCUT2D eigenvalue weighted by Gasteiger charge is -2.34. The summed E-state index contributed by atoms with van der Waals surface area (Å²) in [6, 6.07) is -0.246. The lowest BCUT2D eigenvalue weighted by Crippen LogP contribution is -2.46. The maximum atomic E-state index is 12.2. The smallest absolute Gasteiger partial charge is 0.354 e. The maximum Gasteiger partial charge on any atom is 0.354 e. The fourth-order valence-electron chi connectivity index (χ4n) is 2.21. The Morgan fingerprint density at radius 3 is 2.94 bits per heavy atom. The Kier molecular flexibility index (Phi) is 3.61. The molecule has 98 valence electrons. The van der Waals surface area contributed by atoms with Gasteiger partial charge in [-0.2, -0.15) is 0 Å². The number of rotatable bonds is 3. The van der Waals surface area contributed by atoms with Crippen LogP contribution in [-0.2, 0) is 0 Å². The topological polar surface area (TPSA) is 107 Å². The average molecular weight is 253 g/mol. The van der Waals surface area contributed by atoms with E-state index in [1.807, 2.05) is 0 Å². The highest BCUT2D eigenvalue weighted by molar-refractivity contribution is 6.02. The lowest BCUT2D eigenvalue weighted by molar-refractivity contribution is 0.0489. The first kappa shape index (κ1) is 12.6. The van der Waals surface area contributed by atoms with Crippen molar-refractivity contribution < 1.29 is 19.8 Å². The van der Waals surface area contributed by atoms with E-state index < -0.39 is 11.9 Å². The summed E-state index contributed by atoms with van der Waals surface area (Å²) in [4.78, 5) is 30.9. The Bertz CT molecular complexity index is 457. The Morgan fingerprint density at radius 2 is 2.28 bits per heavy atom. The second-order valence-corrected chi connectivity index (χ2v) is 4.26. The lowest BCUT2D eigenvalue weighted by atomic mass is 10.0. The number of carbonyl (C=O) groups is 2. The minimum absolute atomic E-state index is 0.0946. The van der Waals surface area contributed by atoms with E-state index in [4.69, 9.17) is 5.11 Å².